The van der Waals surface area contributed by atoms with Crippen molar-refractivity contribution < 1.29 is 14.7 Å². The molecule has 3 fully saturated rings. The van der Waals surface area contributed by atoms with Crippen molar-refractivity contribution in [2.24, 2.45) is 28.6 Å². The molecular weight excluding hydrogens is 300 g/mol. The predicted molar refractivity (Wildman–Crippen MR) is 92.3 cm³/mol. The fourth-order valence-electron chi connectivity index (χ4n) is 6.98. The lowest BCUT2D eigenvalue weighted by Gasteiger charge is -2.59. The number of hydrogen-bond donors (Lipinski definition) is 1. The molecule has 6 atom stereocenters. The molecule has 3 nitrogen and oxygen atoms in total. The van der Waals surface area contributed by atoms with Gasteiger partial charge in [0.05, 0.1) is 5.60 Å². The maximum Gasteiger partial charge on any atom is 0.135 e. The maximum atomic E-state index is 12.1. The van der Waals surface area contributed by atoms with Crippen molar-refractivity contribution >= 4 is 11.6 Å². The summed E-state index contributed by atoms with van der Waals surface area (Å²) in [6.07, 6.45) is 8.88. The van der Waals surface area contributed by atoms with Crippen LogP contribution in [0.2, 0.25) is 0 Å². The Morgan fingerprint density at radius 2 is 1.96 bits per heavy atom. The zero-order valence-electron chi connectivity index (χ0n) is 15.2. The number of allylic oxidation sites excluding steroid dienone is 1. The molecule has 0 heterocycles. The molecule has 0 spiro atoms. The van der Waals surface area contributed by atoms with Crippen LogP contribution in [0, 0.1) is 28.6 Å². The van der Waals surface area contributed by atoms with Gasteiger partial charge in [-0.3, -0.25) is 9.59 Å². The fourth-order valence-corrected chi connectivity index (χ4v) is 6.98. The fraction of sp³-hybridized carbons (Fsp3) is 0.810. The molecule has 132 valence electrons. The topological polar surface area (TPSA) is 54.4 Å². The SMILES string of the molecule is CC(=O)[C@H]1CC[C@H]2[C@@H]3CC[C@@]4(O)CC(=O)CC[C@@]4(C)C3=CC[C@]12C. The highest BCUT2D eigenvalue weighted by Crippen LogP contribution is 2.66. The summed E-state index contributed by atoms with van der Waals surface area (Å²) in [5, 5.41) is 11.3. The number of rotatable bonds is 1. The molecule has 4 aliphatic rings. The Labute approximate surface area is 144 Å². The Kier molecular flexibility index (Phi) is 3.46. The first-order chi connectivity index (χ1) is 11.2. The molecule has 1 N–H and O–H groups in total. The lowest BCUT2D eigenvalue weighted by atomic mass is 9.47. The molecule has 0 amide bonds. The quantitative estimate of drug-likeness (QED) is 0.743. The summed E-state index contributed by atoms with van der Waals surface area (Å²) in [5.41, 5.74) is 0.405. The molecular formula is C21H30O3. The minimum atomic E-state index is -0.850. The van der Waals surface area contributed by atoms with E-state index in [1.807, 2.05) is 0 Å². The third-order valence-electron chi connectivity index (χ3n) is 8.47. The van der Waals surface area contributed by atoms with Crippen molar-refractivity contribution in [1.82, 2.24) is 0 Å². The van der Waals surface area contributed by atoms with Crippen LogP contribution in [0.1, 0.15) is 72.1 Å². The van der Waals surface area contributed by atoms with Crippen molar-refractivity contribution in [2.75, 3.05) is 0 Å². The first-order valence-electron chi connectivity index (χ1n) is 9.66. The molecule has 0 radical (unpaired) electrons. The first kappa shape index (κ1) is 16.5. The second-order valence-electron chi connectivity index (χ2n) is 9.44. The van der Waals surface area contributed by atoms with Gasteiger partial charge in [-0.25, -0.2) is 0 Å². The molecule has 3 heteroatoms. The summed E-state index contributed by atoms with van der Waals surface area (Å²) in [6, 6.07) is 0. The van der Waals surface area contributed by atoms with Gasteiger partial charge in [0.25, 0.3) is 0 Å². The molecule has 4 aliphatic carbocycles. The van der Waals surface area contributed by atoms with Crippen LogP contribution in [0.5, 0.6) is 0 Å². The number of carbonyl (C=O) groups excluding carboxylic acids is 2. The van der Waals surface area contributed by atoms with Crippen LogP contribution in [0.4, 0.5) is 0 Å². The summed E-state index contributed by atoms with van der Waals surface area (Å²) < 4.78 is 0. The van der Waals surface area contributed by atoms with Crippen molar-refractivity contribution in [2.45, 2.75) is 77.7 Å². The average Bonchev–Trinajstić information content (AvgIpc) is 2.86. The van der Waals surface area contributed by atoms with Gasteiger partial charge in [-0.1, -0.05) is 25.5 Å². The van der Waals surface area contributed by atoms with Crippen molar-refractivity contribution in [3.05, 3.63) is 11.6 Å². The number of Topliss-reactive ketones (excluding diaryl/α,β-unsaturated/α-hetero) is 2. The van der Waals surface area contributed by atoms with Crippen molar-refractivity contribution in [1.29, 1.82) is 0 Å². The predicted octanol–water partition coefficient (Wildman–Crippen LogP) is 3.84. The van der Waals surface area contributed by atoms with Crippen LogP contribution in [0.3, 0.4) is 0 Å². The van der Waals surface area contributed by atoms with E-state index >= 15 is 0 Å². The van der Waals surface area contributed by atoms with Gasteiger partial charge in [0.2, 0.25) is 0 Å². The molecule has 24 heavy (non-hydrogen) atoms. The molecule has 0 aromatic heterocycles. The van der Waals surface area contributed by atoms with Crippen LogP contribution in [0.15, 0.2) is 11.6 Å². The third-order valence-corrected chi connectivity index (χ3v) is 8.47. The average molecular weight is 330 g/mol. The summed E-state index contributed by atoms with van der Waals surface area (Å²) in [4.78, 5) is 24.1. The lowest BCUT2D eigenvalue weighted by Crippen LogP contribution is -2.58. The van der Waals surface area contributed by atoms with Crippen molar-refractivity contribution in [3.63, 3.8) is 0 Å². The van der Waals surface area contributed by atoms with Gasteiger partial charge in [0, 0.05) is 24.2 Å². The smallest absolute Gasteiger partial charge is 0.135 e. The highest BCUT2D eigenvalue weighted by molar-refractivity contribution is 5.81. The second kappa shape index (κ2) is 5.03. The summed E-state index contributed by atoms with van der Waals surface area (Å²) >= 11 is 0. The van der Waals surface area contributed by atoms with E-state index in [2.05, 4.69) is 19.9 Å². The minimum Gasteiger partial charge on any atom is -0.389 e. The minimum absolute atomic E-state index is 0.0936. The largest absolute Gasteiger partial charge is 0.389 e. The normalized spacial score (nSPS) is 50.6. The molecule has 0 aromatic rings. The summed E-state index contributed by atoms with van der Waals surface area (Å²) in [7, 11) is 0. The molecule has 0 aliphatic heterocycles. The summed E-state index contributed by atoms with van der Waals surface area (Å²) in [6.45, 7) is 6.26. The molecule has 4 rings (SSSR count). The Balaban J connectivity index is 1.74. The van der Waals surface area contributed by atoms with E-state index in [9.17, 15) is 14.7 Å². The van der Waals surface area contributed by atoms with E-state index in [0.29, 0.717) is 30.5 Å². The first-order valence-corrected chi connectivity index (χ1v) is 9.66. The van der Waals surface area contributed by atoms with E-state index in [1.165, 1.54) is 5.57 Å². The monoisotopic (exact) mass is 330 g/mol. The van der Waals surface area contributed by atoms with Crippen LogP contribution in [-0.2, 0) is 9.59 Å². The highest BCUT2D eigenvalue weighted by Gasteiger charge is 2.62. The molecule has 0 saturated heterocycles. The Bertz CT molecular complexity index is 635. The molecule has 0 aromatic carbocycles. The van der Waals surface area contributed by atoms with Crippen LogP contribution in [0.25, 0.3) is 0 Å². The molecule has 0 bridgehead atoms. The van der Waals surface area contributed by atoms with Gasteiger partial charge in [0.1, 0.15) is 11.6 Å². The zero-order valence-corrected chi connectivity index (χ0v) is 15.2. The van der Waals surface area contributed by atoms with Gasteiger partial charge >= 0.3 is 0 Å². The molecule has 0 unspecified atom stereocenters. The van der Waals surface area contributed by atoms with E-state index in [4.69, 9.17) is 0 Å². The maximum absolute atomic E-state index is 12.1. The Hall–Kier alpha value is -0.960. The Morgan fingerprint density at radius 1 is 1.21 bits per heavy atom. The van der Waals surface area contributed by atoms with Gasteiger partial charge in [-0.2, -0.15) is 0 Å². The van der Waals surface area contributed by atoms with E-state index in [1.54, 1.807) is 6.92 Å². The van der Waals surface area contributed by atoms with Gasteiger partial charge in [0.15, 0.2) is 0 Å². The third kappa shape index (κ3) is 1.94. The molecule has 3 saturated carbocycles. The van der Waals surface area contributed by atoms with Gasteiger partial charge in [-0.05, 0) is 62.7 Å². The van der Waals surface area contributed by atoms with Crippen molar-refractivity contribution in [3.8, 4) is 0 Å². The highest BCUT2D eigenvalue weighted by atomic mass is 16.3. The zero-order chi connectivity index (χ0) is 17.3. The Morgan fingerprint density at radius 3 is 2.67 bits per heavy atom. The van der Waals surface area contributed by atoms with Crippen LogP contribution >= 0.6 is 0 Å². The lowest BCUT2D eigenvalue weighted by molar-refractivity contribution is -0.151. The van der Waals surface area contributed by atoms with Gasteiger partial charge in [-0.15, -0.1) is 0 Å². The van der Waals surface area contributed by atoms with E-state index in [0.717, 1.165) is 38.5 Å². The number of aliphatic hydroxyl groups is 1. The number of hydrogen-bond acceptors (Lipinski definition) is 3. The van der Waals surface area contributed by atoms with E-state index in [-0.39, 0.29) is 22.5 Å². The van der Waals surface area contributed by atoms with E-state index < -0.39 is 5.60 Å². The number of fused-ring (bicyclic) bond motifs is 5. The number of ketones is 2. The van der Waals surface area contributed by atoms with Crippen LogP contribution < -0.4 is 0 Å². The standard InChI is InChI=1S/C21H30O3/c1-13(22)16-4-5-17-15-7-11-21(24)12-14(23)6-10-20(21,3)18(15)8-9-19(16,17)2/h8,15-17,24H,4-7,9-12H2,1-3H3/t15-,16+,17-,19+,20-,21+/m0/s1. The summed E-state index contributed by atoms with van der Waals surface area (Å²) in [5.74, 6) is 1.81. The van der Waals surface area contributed by atoms with Gasteiger partial charge < -0.3 is 5.11 Å². The van der Waals surface area contributed by atoms with Crippen LogP contribution in [-0.4, -0.2) is 22.3 Å². The number of carbonyl (C=O) groups is 2. The second-order valence-corrected chi connectivity index (χ2v) is 9.44.